The van der Waals surface area contributed by atoms with E-state index in [9.17, 15) is 0 Å². The summed E-state index contributed by atoms with van der Waals surface area (Å²) in [7, 11) is 0. The Morgan fingerprint density at radius 1 is 1.19 bits per heavy atom. The number of hydrogen-bond donors (Lipinski definition) is 0. The molecule has 0 spiro atoms. The molecule has 3 atom stereocenters. The molecule has 0 aromatic rings. The van der Waals surface area contributed by atoms with Crippen molar-refractivity contribution < 1.29 is 18.9 Å². The molecule has 2 fully saturated rings. The van der Waals surface area contributed by atoms with E-state index in [-0.39, 0.29) is 12.4 Å². The molecule has 21 heavy (non-hydrogen) atoms. The van der Waals surface area contributed by atoms with Crippen molar-refractivity contribution in [2.45, 2.75) is 31.7 Å². The second kappa shape index (κ2) is 8.25. The number of rotatable bonds is 6. The normalized spacial score (nSPS) is 34.4. The van der Waals surface area contributed by atoms with Gasteiger partial charge in [0.2, 0.25) is 0 Å². The van der Waals surface area contributed by atoms with E-state index in [0.29, 0.717) is 19.1 Å². The molecular weight excluding hydrogens is 270 g/mol. The molecule has 3 rings (SSSR count). The zero-order valence-electron chi connectivity index (χ0n) is 12.7. The van der Waals surface area contributed by atoms with Crippen molar-refractivity contribution in [3.05, 3.63) is 12.2 Å². The average Bonchev–Trinajstić information content (AvgIpc) is 3.02. The summed E-state index contributed by atoms with van der Waals surface area (Å²) in [5.41, 5.74) is 0. The monoisotopic (exact) mass is 297 g/mol. The third-order valence-electron chi connectivity index (χ3n) is 4.43. The van der Waals surface area contributed by atoms with E-state index < -0.39 is 0 Å². The lowest BCUT2D eigenvalue weighted by Crippen LogP contribution is -2.38. The van der Waals surface area contributed by atoms with Crippen LogP contribution in [0, 0.1) is 5.92 Å². The number of allylic oxidation sites excluding steroid dienone is 2. The summed E-state index contributed by atoms with van der Waals surface area (Å²) < 4.78 is 22.9. The van der Waals surface area contributed by atoms with Crippen molar-refractivity contribution in [1.29, 1.82) is 0 Å². The van der Waals surface area contributed by atoms with Crippen LogP contribution in [0.15, 0.2) is 12.2 Å². The number of nitrogens with zero attached hydrogens (tertiary/aromatic N) is 1. The van der Waals surface area contributed by atoms with Crippen LogP contribution in [0.3, 0.4) is 0 Å². The van der Waals surface area contributed by atoms with Gasteiger partial charge in [0.05, 0.1) is 33.0 Å². The van der Waals surface area contributed by atoms with E-state index in [1.165, 1.54) is 6.42 Å². The van der Waals surface area contributed by atoms with Crippen LogP contribution in [0.25, 0.3) is 0 Å². The molecule has 5 nitrogen and oxygen atoms in total. The summed E-state index contributed by atoms with van der Waals surface area (Å²) in [4.78, 5) is 2.38. The van der Waals surface area contributed by atoms with Gasteiger partial charge in [0.1, 0.15) is 6.10 Å². The van der Waals surface area contributed by atoms with Gasteiger partial charge in [-0.1, -0.05) is 12.2 Å². The van der Waals surface area contributed by atoms with E-state index >= 15 is 0 Å². The topological polar surface area (TPSA) is 40.2 Å². The predicted octanol–water partition coefficient (Wildman–Crippen LogP) is 1.43. The van der Waals surface area contributed by atoms with Gasteiger partial charge in [-0.25, -0.2) is 0 Å². The zero-order valence-corrected chi connectivity index (χ0v) is 12.7. The molecule has 0 amide bonds. The third-order valence-corrected chi connectivity index (χ3v) is 4.43. The molecule has 0 aromatic heterocycles. The van der Waals surface area contributed by atoms with Gasteiger partial charge in [-0.2, -0.15) is 0 Å². The molecule has 0 aromatic carbocycles. The fourth-order valence-electron chi connectivity index (χ4n) is 3.10. The van der Waals surface area contributed by atoms with Crippen molar-refractivity contribution in [2.24, 2.45) is 5.92 Å². The van der Waals surface area contributed by atoms with Gasteiger partial charge < -0.3 is 18.9 Å². The van der Waals surface area contributed by atoms with Crippen LogP contribution in [-0.4, -0.2) is 70.0 Å². The smallest absolute Gasteiger partial charge is 0.161 e. The molecule has 2 aliphatic heterocycles. The van der Waals surface area contributed by atoms with Crippen molar-refractivity contribution in [1.82, 2.24) is 4.90 Å². The second-order valence-corrected chi connectivity index (χ2v) is 6.03. The summed E-state index contributed by atoms with van der Waals surface area (Å²) in [6.07, 6.45) is 7.97. The van der Waals surface area contributed by atoms with E-state index in [1.807, 2.05) is 0 Å². The molecule has 5 heteroatoms. The molecule has 0 saturated carbocycles. The fourth-order valence-corrected chi connectivity index (χ4v) is 3.10. The van der Waals surface area contributed by atoms with Gasteiger partial charge in [-0.3, -0.25) is 4.90 Å². The van der Waals surface area contributed by atoms with Gasteiger partial charge in [-0.05, 0) is 19.3 Å². The molecule has 3 aliphatic rings. The second-order valence-electron chi connectivity index (χ2n) is 6.03. The maximum atomic E-state index is 5.98. The van der Waals surface area contributed by atoms with Crippen LogP contribution in [0.5, 0.6) is 0 Å². The SMILES string of the molecule is C1=CCC(C2OCC(COCCN3CCOCC3)O2)CC1. The first-order valence-electron chi connectivity index (χ1n) is 8.22. The Morgan fingerprint density at radius 3 is 2.90 bits per heavy atom. The molecule has 0 N–H and O–H groups in total. The Hall–Kier alpha value is -0.460. The highest BCUT2D eigenvalue weighted by Gasteiger charge is 2.32. The zero-order chi connectivity index (χ0) is 14.3. The number of morpholine rings is 1. The van der Waals surface area contributed by atoms with Crippen LogP contribution in [0.1, 0.15) is 19.3 Å². The molecule has 2 saturated heterocycles. The first-order valence-corrected chi connectivity index (χ1v) is 8.22. The summed E-state index contributed by atoms with van der Waals surface area (Å²) in [6, 6.07) is 0. The van der Waals surface area contributed by atoms with E-state index in [1.54, 1.807) is 0 Å². The average molecular weight is 297 g/mol. The van der Waals surface area contributed by atoms with Gasteiger partial charge >= 0.3 is 0 Å². The maximum Gasteiger partial charge on any atom is 0.161 e. The minimum atomic E-state index is -0.0252. The molecule has 1 aliphatic carbocycles. The lowest BCUT2D eigenvalue weighted by molar-refractivity contribution is -0.108. The third kappa shape index (κ3) is 4.76. The van der Waals surface area contributed by atoms with Crippen LogP contribution in [-0.2, 0) is 18.9 Å². The first-order chi connectivity index (χ1) is 10.4. The van der Waals surface area contributed by atoms with Gasteiger partial charge in [-0.15, -0.1) is 0 Å². The van der Waals surface area contributed by atoms with Crippen LogP contribution in [0.4, 0.5) is 0 Å². The van der Waals surface area contributed by atoms with Crippen molar-refractivity contribution in [3.63, 3.8) is 0 Å². The predicted molar refractivity (Wildman–Crippen MR) is 79.2 cm³/mol. The molecule has 0 bridgehead atoms. The van der Waals surface area contributed by atoms with Gasteiger partial charge in [0.25, 0.3) is 0 Å². The minimum Gasteiger partial charge on any atom is -0.379 e. The van der Waals surface area contributed by atoms with Crippen molar-refractivity contribution >= 4 is 0 Å². The molecule has 2 heterocycles. The molecular formula is C16H27NO4. The summed E-state index contributed by atoms with van der Waals surface area (Å²) in [5, 5.41) is 0. The summed E-state index contributed by atoms with van der Waals surface area (Å²) >= 11 is 0. The Bertz CT molecular complexity index is 330. The standard InChI is InChI=1S/C16H27NO4/c1-2-4-14(5-3-1)16-20-13-15(21-16)12-19-11-8-17-6-9-18-10-7-17/h1-2,14-16H,3-13H2. The fraction of sp³-hybridized carbons (Fsp3) is 0.875. The van der Waals surface area contributed by atoms with Gasteiger partial charge in [0.15, 0.2) is 6.29 Å². The van der Waals surface area contributed by atoms with Crippen LogP contribution >= 0.6 is 0 Å². The van der Waals surface area contributed by atoms with E-state index in [2.05, 4.69) is 17.1 Å². The highest BCUT2D eigenvalue weighted by Crippen LogP contribution is 2.28. The minimum absolute atomic E-state index is 0.0252. The van der Waals surface area contributed by atoms with Crippen molar-refractivity contribution in [2.75, 3.05) is 52.7 Å². The first kappa shape index (κ1) is 15.4. The lowest BCUT2D eigenvalue weighted by atomic mass is 9.94. The van der Waals surface area contributed by atoms with E-state index in [0.717, 1.165) is 52.3 Å². The Labute approximate surface area is 127 Å². The lowest BCUT2D eigenvalue weighted by Gasteiger charge is -2.26. The van der Waals surface area contributed by atoms with E-state index in [4.69, 9.17) is 18.9 Å². The van der Waals surface area contributed by atoms with Crippen molar-refractivity contribution in [3.8, 4) is 0 Å². The Morgan fingerprint density at radius 2 is 2.10 bits per heavy atom. The maximum absolute atomic E-state index is 5.98. The number of hydrogen-bond acceptors (Lipinski definition) is 5. The Balaban J connectivity index is 1.27. The quantitative estimate of drug-likeness (QED) is 0.548. The van der Waals surface area contributed by atoms with Crippen LogP contribution in [0.2, 0.25) is 0 Å². The Kier molecular flexibility index (Phi) is 6.06. The molecule has 3 unspecified atom stereocenters. The van der Waals surface area contributed by atoms with Gasteiger partial charge in [0, 0.05) is 25.6 Å². The highest BCUT2D eigenvalue weighted by molar-refractivity contribution is 4.91. The molecule has 0 radical (unpaired) electrons. The highest BCUT2D eigenvalue weighted by atomic mass is 16.7. The number of ether oxygens (including phenoxy) is 4. The summed E-state index contributed by atoms with van der Waals surface area (Å²) in [6.45, 7) is 6.78. The summed E-state index contributed by atoms with van der Waals surface area (Å²) in [5.74, 6) is 0.522. The van der Waals surface area contributed by atoms with Crippen LogP contribution < -0.4 is 0 Å². The largest absolute Gasteiger partial charge is 0.379 e. The molecule has 120 valence electrons.